The molecule has 0 heterocycles. The third kappa shape index (κ3) is 3.09. The van der Waals surface area contributed by atoms with Gasteiger partial charge in [-0.2, -0.15) is 0 Å². The zero-order chi connectivity index (χ0) is 11.3. The number of aryl methyl sites for hydroxylation is 2. The molecule has 0 aliphatic rings. The minimum absolute atomic E-state index is 1.12. The van der Waals surface area contributed by atoms with Crippen molar-refractivity contribution in [2.24, 2.45) is 0 Å². The van der Waals surface area contributed by atoms with Gasteiger partial charge in [-0.25, -0.2) is 0 Å². The number of benzene rings is 1. The van der Waals surface area contributed by atoms with Gasteiger partial charge in [0.15, 0.2) is 0 Å². The van der Waals surface area contributed by atoms with E-state index in [9.17, 15) is 0 Å². The van der Waals surface area contributed by atoms with Gasteiger partial charge in [0.2, 0.25) is 0 Å². The highest BCUT2D eigenvalue weighted by Gasteiger charge is 2.03. The molecule has 0 heteroatoms. The standard InChI is InChI=1S/C15H20/c1-5-7-14(8-6-2)15-11-12(3)9-10-13(15)4/h5,7,9-11H,1,6,8H2,2-4H3/b14-7-. The molecule has 0 nitrogen and oxygen atoms in total. The molecular weight excluding hydrogens is 180 g/mol. The van der Waals surface area contributed by atoms with Gasteiger partial charge in [-0.15, -0.1) is 0 Å². The van der Waals surface area contributed by atoms with Crippen LogP contribution in [0.2, 0.25) is 0 Å². The molecule has 1 aromatic rings. The van der Waals surface area contributed by atoms with Crippen molar-refractivity contribution in [3.63, 3.8) is 0 Å². The van der Waals surface area contributed by atoms with Crippen LogP contribution in [0, 0.1) is 13.8 Å². The van der Waals surface area contributed by atoms with E-state index in [4.69, 9.17) is 0 Å². The Bertz CT molecular complexity index is 370. The molecule has 0 N–H and O–H groups in total. The Balaban J connectivity index is 3.15. The molecule has 15 heavy (non-hydrogen) atoms. The van der Waals surface area contributed by atoms with Gasteiger partial charge in [-0.05, 0) is 37.0 Å². The van der Waals surface area contributed by atoms with Crippen LogP contribution in [0.5, 0.6) is 0 Å². The summed E-state index contributed by atoms with van der Waals surface area (Å²) < 4.78 is 0. The molecule has 0 saturated heterocycles. The maximum atomic E-state index is 3.78. The summed E-state index contributed by atoms with van der Waals surface area (Å²) in [7, 11) is 0. The molecule has 80 valence electrons. The molecule has 0 spiro atoms. The fourth-order valence-electron chi connectivity index (χ4n) is 1.80. The van der Waals surface area contributed by atoms with E-state index in [2.05, 4.69) is 51.6 Å². The van der Waals surface area contributed by atoms with E-state index in [1.54, 1.807) is 0 Å². The van der Waals surface area contributed by atoms with E-state index in [-0.39, 0.29) is 0 Å². The fourth-order valence-corrected chi connectivity index (χ4v) is 1.80. The summed E-state index contributed by atoms with van der Waals surface area (Å²) in [6.07, 6.45) is 6.31. The first-order chi connectivity index (χ1) is 7.19. The van der Waals surface area contributed by atoms with Crippen LogP contribution in [0.25, 0.3) is 5.57 Å². The average Bonchev–Trinajstić information content (AvgIpc) is 2.21. The largest absolute Gasteiger partial charge is 0.0991 e. The van der Waals surface area contributed by atoms with Crippen molar-refractivity contribution in [3.05, 3.63) is 53.6 Å². The Hall–Kier alpha value is -1.30. The third-order valence-corrected chi connectivity index (χ3v) is 2.58. The van der Waals surface area contributed by atoms with Crippen LogP contribution in [-0.4, -0.2) is 0 Å². The maximum Gasteiger partial charge on any atom is -0.0193 e. The van der Waals surface area contributed by atoms with Crippen LogP contribution in [0.15, 0.2) is 36.9 Å². The molecule has 1 rings (SSSR count). The predicted molar refractivity (Wildman–Crippen MR) is 69.0 cm³/mol. The van der Waals surface area contributed by atoms with Crippen LogP contribution >= 0.6 is 0 Å². The second-order valence-corrected chi connectivity index (χ2v) is 4.00. The van der Waals surface area contributed by atoms with Gasteiger partial charge in [-0.3, -0.25) is 0 Å². The van der Waals surface area contributed by atoms with Gasteiger partial charge in [-0.1, -0.05) is 55.8 Å². The van der Waals surface area contributed by atoms with Crippen LogP contribution in [0.3, 0.4) is 0 Å². The second kappa shape index (κ2) is 5.55. The zero-order valence-electron chi connectivity index (χ0n) is 10.0. The first-order valence-corrected chi connectivity index (χ1v) is 5.58. The zero-order valence-corrected chi connectivity index (χ0v) is 10.0. The SMILES string of the molecule is C=C/C=C(/CCC)c1cc(C)ccc1C. The van der Waals surface area contributed by atoms with Crippen molar-refractivity contribution in [2.45, 2.75) is 33.6 Å². The summed E-state index contributed by atoms with van der Waals surface area (Å²) in [6, 6.07) is 6.62. The summed E-state index contributed by atoms with van der Waals surface area (Å²) >= 11 is 0. The van der Waals surface area contributed by atoms with Gasteiger partial charge in [0.05, 0.1) is 0 Å². The molecule has 0 aliphatic heterocycles. The Kier molecular flexibility index (Phi) is 4.36. The number of allylic oxidation sites excluding steroid dienone is 3. The van der Waals surface area contributed by atoms with E-state index in [0.29, 0.717) is 0 Å². The summed E-state index contributed by atoms with van der Waals surface area (Å²) in [5, 5.41) is 0. The normalized spacial score (nSPS) is 11.5. The van der Waals surface area contributed by atoms with Crippen molar-refractivity contribution < 1.29 is 0 Å². The number of rotatable bonds is 4. The molecule has 0 aromatic heterocycles. The molecule has 0 radical (unpaired) electrons. The number of hydrogen-bond donors (Lipinski definition) is 0. The van der Waals surface area contributed by atoms with E-state index in [0.717, 1.165) is 6.42 Å². The molecule has 0 amide bonds. The highest BCUT2D eigenvalue weighted by atomic mass is 14.1. The summed E-state index contributed by atoms with van der Waals surface area (Å²) in [4.78, 5) is 0. The quantitative estimate of drug-likeness (QED) is 0.619. The summed E-state index contributed by atoms with van der Waals surface area (Å²) in [5.41, 5.74) is 5.44. The Morgan fingerprint density at radius 3 is 2.67 bits per heavy atom. The molecule has 1 aromatic carbocycles. The van der Waals surface area contributed by atoms with Gasteiger partial charge < -0.3 is 0 Å². The molecule has 0 atom stereocenters. The lowest BCUT2D eigenvalue weighted by atomic mass is 9.95. The van der Waals surface area contributed by atoms with Crippen molar-refractivity contribution in [3.8, 4) is 0 Å². The van der Waals surface area contributed by atoms with Gasteiger partial charge in [0, 0.05) is 0 Å². The van der Waals surface area contributed by atoms with Crippen molar-refractivity contribution in [1.29, 1.82) is 0 Å². The predicted octanol–water partition coefficient (Wildman–Crippen LogP) is 4.67. The van der Waals surface area contributed by atoms with E-state index >= 15 is 0 Å². The molecular formula is C15H20. The van der Waals surface area contributed by atoms with Crippen LogP contribution in [0.4, 0.5) is 0 Å². The van der Waals surface area contributed by atoms with E-state index in [1.807, 2.05) is 6.08 Å². The summed E-state index contributed by atoms with van der Waals surface area (Å²) in [5.74, 6) is 0. The van der Waals surface area contributed by atoms with Gasteiger partial charge in [0.1, 0.15) is 0 Å². The first-order valence-electron chi connectivity index (χ1n) is 5.58. The first kappa shape index (κ1) is 11.8. The molecule has 0 bridgehead atoms. The van der Waals surface area contributed by atoms with Gasteiger partial charge in [0.25, 0.3) is 0 Å². The van der Waals surface area contributed by atoms with Crippen LogP contribution in [0.1, 0.15) is 36.5 Å². The smallest absolute Gasteiger partial charge is 0.0193 e. The minimum atomic E-state index is 1.12. The Labute approximate surface area is 93.3 Å². The van der Waals surface area contributed by atoms with Crippen molar-refractivity contribution in [2.75, 3.05) is 0 Å². The average molecular weight is 200 g/mol. The maximum absolute atomic E-state index is 3.78. The lowest BCUT2D eigenvalue weighted by Gasteiger charge is -2.10. The third-order valence-electron chi connectivity index (χ3n) is 2.58. The molecule has 0 aliphatic carbocycles. The minimum Gasteiger partial charge on any atom is -0.0991 e. The van der Waals surface area contributed by atoms with E-state index < -0.39 is 0 Å². The van der Waals surface area contributed by atoms with E-state index in [1.165, 1.54) is 28.7 Å². The van der Waals surface area contributed by atoms with Crippen LogP contribution < -0.4 is 0 Å². The second-order valence-electron chi connectivity index (χ2n) is 4.00. The van der Waals surface area contributed by atoms with Crippen LogP contribution in [-0.2, 0) is 0 Å². The topological polar surface area (TPSA) is 0 Å². The Morgan fingerprint density at radius 2 is 2.07 bits per heavy atom. The molecule has 0 unspecified atom stereocenters. The summed E-state index contributed by atoms with van der Waals surface area (Å²) in [6.45, 7) is 10.3. The monoisotopic (exact) mass is 200 g/mol. The lowest BCUT2D eigenvalue weighted by molar-refractivity contribution is 0.971. The molecule has 0 saturated carbocycles. The van der Waals surface area contributed by atoms with Crippen molar-refractivity contribution in [1.82, 2.24) is 0 Å². The number of hydrogen-bond acceptors (Lipinski definition) is 0. The van der Waals surface area contributed by atoms with Gasteiger partial charge >= 0.3 is 0 Å². The lowest BCUT2D eigenvalue weighted by Crippen LogP contribution is -1.90. The van der Waals surface area contributed by atoms with Crippen molar-refractivity contribution >= 4 is 5.57 Å². The Morgan fingerprint density at radius 1 is 1.33 bits per heavy atom. The highest BCUT2D eigenvalue weighted by Crippen LogP contribution is 2.24. The highest BCUT2D eigenvalue weighted by molar-refractivity contribution is 5.69. The fraction of sp³-hybridized carbons (Fsp3) is 0.333. The molecule has 0 fully saturated rings.